The quantitative estimate of drug-likeness (QED) is 0.375. The van der Waals surface area contributed by atoms with E-state index in [1.807, 2.05) is 6.92 Å². The molecule has 0 atom stereocenters. The number of aliphatic imine (C=N–C) groups is 1. The smallest absolute Gasteiger partial charge is 0.409 e. The van der Waals surface area contributed by atoms with E-state index in [0.717, 1.165) is 45.4 Å². The normalized spacial score (nSPS) is 17.6. The lowest BCUT2D eigenvalue weighted by atomic mass is 10.2. The maximum atomic E-state index is 11.8. The van der Waals surface area contributed by atoms with Crippen LogP contribution >= 0.6 is 24.0 Å². The highest BCUT2D eigenvalue weighted by atomic mass is 127. The first-order valence-corrected chi connectivity index (χ1v) is 10.00. The molecule has 0 spiro atoms. The summed E-state index contributed by atoms with van der Waals surface area (Å²) in [4.78, 5) is 22.5. The van der Waals surface area contributed by atoms with E-state index in [1.54, 1.807) is 11.9 Å². The van der Waals surface area contributed by atoms with E-state index in [9.17, 15) is 4.79 Å². The van der Waals surface area contributed by atoms with Crippen LogP contribution in [0.4, 0.5) is 10.5 Å². The van der Waals surface area contributed by atoms with Gasteiger partial charge in [-0.05, 0) is 24.6 Å². The number of benzene rings is 1. The summed E-state index contributed by atoms with van der Waals surface area (Å²) in [5.74, 6) is 0.862. The largest absolute Gasteiger partial charge is 0.450 e. The van der Waals surface area contributed by atoms with E-state index in [0.29, 0.717) is 26.2 Å². The minimum absolute atomic E-state index is 0. The van der Waals surface area contributed by atoms with Crippen molar-refractivity contribution in [1.82, 2.24) is 15.1 Å². The summed E-state index contributed by atoms with van der Waals surface area (Å²) in [6.45, 7) is 9.22. The fourth-order valence-electron chi connectivity index (χ4n) is 3.48. The molecule has 1 amide bonds. The standard InChI is InChI=1S/C20H31N5O3.HI/c1-3-28-20(26)25-10-8-24(9-11-25)19(21-2)22-16-17-4-6-18(7-5-17)23-12-14-27-15-13-23;/h4-7H,3,8-16H2,1-2H3,(H,21,22);1H. The van der Waals surface area contributed by atoms with Gasteiger partial charge < -0.3 is 29.5 Å². The number of carbonyl (C=O) groups excluding carboxylic acids is 1. The molecule has 0 radical (unpaired) electrons. The van der Waals surface area contributed by atoms with Crippen molar-refractivity contribution in [2.75, 3.05) is 71.0 Å². The first kappa shape index (κ1) is 23.5. The minimum Gasteiger partial charge on any atom is -0.450 e. The zero-order valence-electron chi connectivity index (χ0n) is 17.3. The number of nitrogens with one attached hydrogen (secondary N) is 1. The molecule has 0 bridgehead atoms. The number of anilines is 1. The number of rotatable bonds is 4. The van der Waals surface area contributed by atoms with Gasteiger partial charge in [0, 0.05) is 58.5 Å². The van der Waals surface area contributed by atoms with Gasteiger partial charge >= 0.3 is 6.09 Å². The maximum absolute atomic E-state index is 11.8. The highest BCUT2D eigenvalue weighted by Gasteiger charge is 2.23. The average Bonchev–Trinajstić information content (AvgIpc) is 2.76. The summed E-state index contributed by atoms with van der Waals surface area (Å²) < 4.78 is 10.5. The number of hydrogen-bond acceptors (Lipinski definition) is 5. The van der Waals surface area contributed by atoms with E-state index in [2.05, 4.69) is 44.4 Å². The average molecular weight is 517 g/mol. The number of amides is 1. The van der Waals surface area contributed by atoms with E-state index >= 15 is 0 Å². The highest BCUT2D eigenvalue weighted by molar-refractivity contribution is 14.0. The van der Waals surface area contributed by atoms with E-state index in [1.165, 1.54) is 11.3 Å². The van der Waals surface area contributed by atoms with Crippen LogP contribution in [0, 0.1) is 0 Å². The molecule has 29 heavy (non-hydrogen) atoms. The van der Waals surface area contributed by atoms with Crippen LogP contribution in [0.1, 0.15) is 12.5 Å². The molecule has 2 aliphatic heterocycles. The molecule has 1 N–H and O–H groups in total. The van der Waals surface area contributed by atoms with Crippen LogP contribution in [0.3, 0.4) is 0 Å². The van der Waals surface area contributed by atoms with Gasteiger partial charge in [-0.3, -0.25) is 4.99 Å². The predicted octanol–water partition coefficient (Wildman–Crippen LogP) is 1.99. The molecule has 8 nitrogen and oxygen atoms in total. The molecular weight excluding hydrogens is 485 g/mol. The monoisotopic (exact) mass is 517 g/mol. The van der Waals surface area contributed by atoms with Gasteiger partial charge in [0.15, 0.2) is 5.96 Å². The van der Waals surface area contributed by atoms with Crippen molar-refractivity contribution in [3.05, 3.63) is 29.8 Å². The lowest BCUT2D eigenvalue weighted by molar-refractivity contribution is 0.0914. The fraction of sp³-hybridized carbons (Fsp3) is 0.600. The van der Waals surface area contributed by atoms with Crippen molar-refractivity contribution in [2.24, 2.45) is 4.99 Å². The first-order valence-electron chi connectivity index (χ1n) is 10.00. The van der Waals surface area contributed by atoms with Crippen LogP contribution < -0.4 is 10.2 Å². The molecule has 0 aromatic heterocycles. The third kappa shape index (κ3) is 6.63. The van der Waals surface area contributed by atoms with Crippen molar-refractivity contribution >= 4 is 41.7 Å². The van der Waals surface area contributed by atoms with Crippen LogP contribution in [-0.2, 0) is 16.0 Å². The fourth-order valence-corrected chi connectivity index (χ4v) is 3.48. The number of guanidine groups is 1. The number of morpholine rings is 1. The third-order valence-electron chi connectivity index (χ3n) is 5.08. The van der Waals surface area contributed by atoms with Crippen molar-refractivity contribution < 1.29 is 14.3 Å². The second kappa shape index (κ2) is 12.1. The lowest BCUT2D eigenvalue weighted by Gasteiger charge is -2.35. The van der Waals surface area contributed by atoms with Crippen molar-refractivity contribution in [3.8, 4) is 0 Å². The Morgan fingerprint density at radius 3 is 2.28 bits per heavy atom. The molecule has 0 saturated carbocycles. The zero-order valence-corrected chi connectivity index (χ0v) is 19.6. The number of nitrogens with zero attached hydrogens (tertiary/aromatic N) is 4. The lowest BCUT2D eigenvalue weighted by Crippen LogP contribution is -2.53. The Morgan fingerprint density at radius 2 is 1.69 bits per heavy atom. The Hall–Kier alpha value is -1.75. The number of ether oxygens (including phenoxy) is 2. The minimum atomic E-state index is -0.231. The molecule has 2 aliphatic rings. The Morgan fingerprint density at radius 1 is 1.07 bits per heavy atom. The second-order valence-electron chi connectivity index (χ2n) is 6.84. The SMILES string of the molecule is CCOC(=O)N1CCN(C(=NC)NCc2ccc(N3CCOCC3)cc2)CC1.I. The van der Waals surface area contributed by atoms with Crippen molar-refractivity contribution in [2.45, 2.75) is 13.5 Å². The second-order valence-corrected chi connectivity index (χ2v) is 6.84. The Labute approximate surface area is 190 Å². The van der Waals surface area contributed by atoms with Gasteiger partial charge in [-0.1, -0.05) is 12.1 Å². The van der Waals surface area contributed by atoms with Gasteiger partial charge in [0.05, 0.1) is 19.8 Å². The van der Waals surface area contributed by atoms with Gasteiger partial charge in [-0.2, -0.15) is 0 Å². The molecule has 3 rings (SSSR count). The predicted molar refractivity (Wildman–Crippen MR) is 125 cm³/mol. The van der Waals surface area contributed by atoms with Crippen molar-refractivity contribution in [1.29, 1.82) is 0 Å². The summed E-state index contributed by atoms with van der Waals surface area (Å²) in [5.41, 5.74) is 2.45. The summed E-state index contributed by atoms with van der Waals surface area (Å²) in [7, 11) is 1.79. The molecule has 2 fully saturated rings. The molecule has 0 unspecified atom stereocenters. The van der Waals surface area contributed by atoms with E-state index in [4.69, 9.17) is 9.47 Å². The van der Waals surface area contributed by atoms with Crippen LogP contribution in [0.2, 0.25) is 0 Å². The number of carbonyl (C=O) groups is 1. The Balaban J connectivity index is 0.00000300. The summed E-state index contributed by atoms with van der Waals surface area (Å²) in [6, 6.07) is 8.65. The number of halogens is 1. The molecule has 0 aliphatic carbocycles. The van der Waals surface area contributed by atoms with Gasteiger partial charge in [0.1, 0.15) is 0 Å². The molecule has 1 aromatic carbocycles. The maximum Gasteiger partial charge on any atom is 0.409 e. The molecule has 162 valence electrons. The van der Waals surface area contributed by atoms with Crippen molar-refractivity contribution in [3.63, 3.8) is 0 Å². The van der Waals surface area contributed by atoms with Crippen LogP contribution in [0.15, 0.2) is 29.3 Å². The molecular formula is C20H32IN5O3. The van der Waals surface area contributed by atoms with Gasteiger partial charge in [-0.15, -0.1) is 24.0 Å². The molecule has 2 saturated heterocycles. The Bertz CT molecular complexity index is 657. The Kier molecular flexibility index (Phi) is 9.79. The highest BCUT2D eigenvalue weighted by Crippen LogP contribution is 2.16. The number of piperazine rings is 1. The van der Waals surface area contributed by atoms with E-state index in [-0.39, 0.29) is 30.1 Å². The third-order valence-corrected chi connectivity index (χ3v) is 5.08. The van der Waals surface area contributed by atoms with Gasteiger partial charge in [0.2, 0.25) is 0 Å². The molecule has 2 heterocycles. The summed E-state index contributed by atoms with van der Waals surface area (Å²) in [6.07, 6.45) is -0.231. The molecule has 9 heteroatoms. The van der Waals surface area contributed by atoms with Crippen LogP contribution in [0.5, 0.6) is 0 Å². The van der Waals surface area contributed by atoms with Gasteiger partial charge in [-0.25, -0.2) is 4.79 Å². The summed E-state index contributed by atoms with van der Waals surface area (Å²) >= 11 is 0. The first-order chi connectivity index (χ1) is 13.7. The summed E-state index contributed by atoms with van der Waals surface area (Å²) in [5, 5.41) is 3.43. The van der Waals surface area contributed by atoms with E-state index < -0.39 is 0 Å². The van der Waals surface area contributed by atoms with Crippen LogP contribution in [0.25, 0.3) is 0 Å². The van der Waals surface area contributed by atoms with Gasteiger partial charge in [0.25, 0.3) is 0 Å². The van der Waals surface area contributed by atoms with Crippen LogP contribution in [-0.4, -0.2) is 88.0 Å². The zero-order chi connectivity index (χ0) is 19.8. The number of hydrogen-bond donors (Lipinski definition) is 1. The molecule has 1 aromatic rings. The topological polar surface area (TPSA) is 69.6 Å².